The Morgan fingerprint density at radius 3 is 2.76 bits per heavy atom. The fraction of sp³-hybridized carbons (Fsp3) is 0.562. The highest BCUT2D eigenvalue weighted by Crippen LogP contribution is 2.29. The minimum atomic E-state index is 0.134. The van der Waals surface area contributed by atoms with Crippen molar-refractivity contribution in [2.24, 2.45) is 5.92 Å². The van der Waals surface area contributed by atoms with Crippen LogP contribution in [-0.2, 0) is 4.79 Å². The van der Waals surface area contributed by atoms with Gasteiger partial charge in [0.05, 0.1) is 12.1 Å². The highest BCUT2D eigenvalue weighted by Gasteiger charge is 2.17. The minimum Gasteiger partial charge on any atom is -0.495 e. The molecule has 1 N–H and O–H groups in total. The summed E-state index contributed by atoms with van der Waals surface area (Å²) in [6.07, 6.45) is 3.90. The first-order valence-electron chi connectivity index (χ1n) is 7.42. The van der Waals surface area contributed by atoms with E-state index in [4.69, 9.17) is 16.3 Å². The van der Waals surface area contributed by atoms with E-state index in [-0.39, 0.29) is 5.91 Å². The van der Waals surface area contributed by atoms with Crippen LogP contribution in [0.3, 0.4) is 0 Å². The fourth-order valence-corrected chi connectivity index (χ4v) is 2.93. The number of hydrogen-bond acceptors (Lipinski definition) is 3. The molecule has 2 rings (SSSR count). The lowest BCUT2D eigenvalue weighted by atomic mass is 9.93. The Morgan fingerprint density at radius 1 is 1.43 bits per heavy atom. The van der Waals surface area contributed by atoms with Crippen LogP contribution in [0.15, 0.2) is 18.2 Å². The van der Waals surface area contributed by atoms with Crippen LogP contribution in [0.2, 0.25) is 5.02 Å². The second kappa shape index (κ2) is 7.66. The van der Waals surface area contributed by atoms with Crippen LogP contribution in [-0.4, -0.2) is 33.2 Å². The van der Waals surface area contributed by atoms with Crippen molar-refractivity contribution in [3.8, 4) is 5.75 Å². The predicted molar refractivity (Wildman–Crippen MR) is 86.2 cm³/mol. The van der Waals surface area contributed by atoms with Crippen molar-refractivity contribution in [1.82, 2.24) is 5.32 Å². The van der Waals surface area contributed by atoms with Crippen molar-refractivity contribution in [3.63, 3.8) is 0 Å². The maximum Gasteiger partial charge on any atom is 0.226 e. The van der Waals surface area contributed by atoms with Crippen molar-refractivity contribution in [3.05, 3.63) is 23.2 Å². The highest BCUT2D eigenvalue weighted by atomic mass is 35.5. The molecule has 1 aliphatic heterocycles. The molecule has 0 bridgehead atoms. The van der Waals surface area contributed by atoms with Crippen LogP contribution >= 0.6 is 11.6 Å². The normalized spacial score (nSPS) is 15.8. The summed E-state index contributed by atoms with van der Waals surface area (Å²) in [5, 5.41) is 3.87. The van der Waals surface area contributed by atoms with Crippen LogP contribution in [0.25, 0.3) is 0 Å². The number of carbonyl (C=O) groups excluding carboxylic acids is 1. The first-order valence-corrected chi connectivity index (χ1v) is 7.80. The summed E-state index contributed by atoms with van der Waals surface area (Å²) in [5.74, 6) is 1.42. The molecule has 1 aliphatic rings. The Labute approximate surface area is 131 Å². The molecule has 1 aromatic rings. The molecule has 1 amide bonds. The highest BCUT2D eigenvalue weighted by molar-refractivity contribution is 6.32. The average Bonchev–Trinajstić information content (AvgIpc) is 2.52. The first kappa shape index (κ1) is 16.1. The third-order valence-electron chi connectivity index (χ3n) is 4.12. The number of halogens is 1. The number of nitrogens with one attached hydrogen (secondary N) is 1. The van der Waals surface area contributed by atoms with Gasteiger partial charge in [-0.05, 0) is 56.5 Å². The van der Waals surface area contributed by atoms with Crippen LogP contribution < -0.4 is 15.0 Å². The number of amides is 1. The fourth-order valence-electron chi connectivity index (χ4n) is 2.67. The molecule has 0 aliphatic carbocycles. The van der Waals surface area contributed by atoms with E-state index in [1.807, 2.05) is 6.07 Å². The molecule has 0 unspecified atom stereocenters. The number of methoxy groups -OCH3 is 1. The molecule has 0 saturated carbocycles. The van der Waals surface area contributed by atoms with Gasteiger partial charge in [-0.25, -0.2) is 0 Å². The van der Waals surface area contributed by atoms with Gasteiger partial charge >= 0.3 is 0 Å². The largest absolute Gasteiger partial charge is 0.495 e. The number of anilines is 1. The Morgan fingerprint density at radius 2 is 2.14 bits per heavy atom. The second-order valence-corrected chi connectivity index (χ2v) is 5.91. The summed E-state index contributed by atoms with van der Waals surface area (Å²) in [5.41, 5.74) is 0.802. The number of benzene rings is 1. The SMILES string of the molecule is COc1ccc(N(C)C(=O)CCC2CCNCC2)cc1Cl. The molecule has 0 atom stereocenters. The van der Waals surface area contributed by atoms with Gasteiger partial charge in [0.15, 0.2) is 0 Å². The summed E-state index contributed by atoms with van der Waals surface area (Å²) < 4.78 is 5.13. The number of hydrogen-bond donors (Lipinski definition) is 1. The maximum absolute atomic E-state index is 12.3. The smallest absolute Gasteiger partial charge is 0.226 e. The first-order chi connectivity index (χ1) is 10.1. The molecular weight excluding hydrogens is 288 g/mol. The molecule has 1 fully saturated rings. The van der Waals surface area contributed by atoms with E-state index in [2.05, 4.69) is 5.32 Å². The predicted octanol–water partition coefficient (Wildman–Crippen LogP) is 3.09. The van der Waals surface area contributed by atoms with Crippen molar-refractivity contribution in [2.75, 3.05) is 32.1 Å². The number of ether oxygens (including phenoxy) is 1. The lowest BCUT2D eigenvalue weighted by Gasteiger charge is -2.24. The van der Waals surface area contributed by atoms with Gasteiger partial charge in [-0.2, -0.15) is 0 Å². The molecule has 0 aromatic heterocycles. The molecule has 5 heteroatoms. The van der Waals surface area contributed by atoms with E-state index in [1.54, 1.807) is 31.2 Å². The van der Waals surface area contributed by atoms with Crippen molar-refractivity contribution >= 4 is 23.2 Å². The molecule has 0 spiro atoms. The standard InChI is InChI=1S/C16H23ClN2O2/c1-19(13-4-5-15(21-2)14(17)11-13)16(20)6-3-12-7-9-18-10-8-12/h4-5,11-12,18H,3,6-10H2,1-2H3. The number of nitrogens with zero attached hydrogens (tertiary/aromatic N) is 1. The summed E-state index contributed by atoms with van der Waals surface area (Å²) in [6, 6.07) is 5.41. The third kappa shape index (κ3) is 4.35. The van der Waals surface area contributed by atoms with Crippen molar-refractivity contribution in [2.45, 2.75) is 25.7 Å². The molecule has 1 heterocycles. The van der Waals surface area contributed by atoms with Crippen LogP contribution in [0.4, 0.5) is 5.69 Å². The van der Waals surface area contributed by atoms with E-state index >= 15 is 0 Å². The summed E-state index contributed by atoms with van der Waals surface area (Å²) >= 11 is 6.11. The van der Waals surface area contributed by atoms with E-state index < -0.39 is 0 Å². The minimum absolute atomic E-state index is 0.134. The Hall–Kier alpha value is -1.26. The maximum atomic E-state index is 12.3. The van der Waals surface area contributed by atoms with Crippen LogP contribution in [0, 0.1) is 5.92 Å². The molecule has 1 saturated heterocycles. The topological polar surface area (TPSA) is 41.6 Å². The van der Waals surface area contributed by atoms with Crippen LogP contribution in [0.1, 0.15) is 25.7 Å². The van der Waals surface area contributed by atoms with E-state index in [0.29, 0.717) is 23.1 Å². The van der Waals surface area contributed by atoms with Gasteiger partial charge in [0.2, 0.25) is 5.91 Å². The zero-order chi connectivity index (χ0) is 15.2. The number of piperidine rings is 1. The van der Waals surface area contributed by atoms with Gasteiger partial charge in [0.25, 0.3) is 0 Å². The lowest BCUT2D eigenvalue weighted by molar-refractivity contribution is -0.118. The second-order valence-electron chi connectivity index (χ2n) is 5.50. The monoisotopic (exact) mass is 310 g/mol. The summed E-state index contributed by atoms with van der Waals surface area (Å²) in [4.78, 5) is 14.0. The van der Waals surface area contributed by atoms with Crippen molar-refractivity contribution < 1.29 is 9.53 Å². The van der Waals surface area contributed by atoms with E-state index in [1.165, 1.54) is 12.8 Å². The molecule has 116 valence electrons. The molecule has 21 heavy (non-hydrogen) atoms. The number of carbonyl (C=O) groups is 1. The molecule has 1 aromatic carbocycles. The van der Waals surface area contributed by atoms with Gasteiger partial charge in [-0.1, -0.05) is 11.6 Å². The van der Waals surface area contributed by atoms with Crippen molar-refractivity contribution in [1.29, 1.82) is 0 Å². The molecule has 4 nitrogen and oxygen atoms in total. The van der Waals surface area contributed by atoms with E-state index in [0.717, 1.165) is 25.2 Å². The van der Waals surface area contributed by atoms with E-state index in [9.17, 15) is 4.79 Å². The summed E-state index contributed by atoms with van der Waals surface area (Å²) in [6.45, 7) is 2.14. The summed E-state index contributed by atoms with van der Waals surface area (Å²) in [7, 11) is 3.37. The van der Waals surface area contributed by atoms with Gasteiger partial charge in [-0.15, -0.1) is 0 Å². The van der Waals surface area contributed by atoms with Gasteiger partial charge in [0.1, 0.15) is 5.75 Å². The molecular formula is C16H23ClN2O2. The Balaban J connectivity index is 1.90. The van der Waals surface area contributed by atoms with Gasteiger partial charge < -0.3 is 15.0 Å². The third-order valence-corrected chi connectivity index (χ3v) is 4.42. The Bertz CT molecular complexity index is 487. The van der Waals surface area contributed by atoms with Crippen LogP contribution in [0.5, 0.6) is 5.75 Å². The zero-order valence-corrected chi connectivity index (χ0v) is 13.4. The Kier molecular flexibility index (Phi) is 5.88. The van der Waals surface area contributed by atoms with Gasteiger partial charge in [-0.3, -0.25) is 4.79 Å². The zero-order valence-electron chi connectivity index (χ0n) is 12.7. The molecule has 0 radical (unpaired) electrons. The quantitative estimate of drug-likeness (QED) is 0.908. The number of rotatable bonds is 5. The lowest BCUT2D eigenvalue weighted by Crippen LogP contribution is -2.30. The average molecular weight is 311 g/mol. The van der Waals surface area contributed by atoms with Gasteiger partial charge in [0, 0.05) is 19.2 Å².